The van der Waals surface area contributed by atoms with Gasteiger partial charge in [0.05, 0.1) is 0 Å². The molecular formula is C15H15NO4. The van der Waals surface area contributed by atoms with Crippen molar-refractivity contribution in [1.29, 1.82) is 0 Å². The summed E-state index contributed by atoms with van der Waals surface area (Å²) in [6, 6.07) is 12.4. The van der Waals surface area contributed by atoms with E-state index in [0.29, 0.717) is 11.5 Å². The summed E-state index contributed by atoms with van der Waals surface area (Å²) in [6.45, 7) is 0. The molecule has 5 nitrogen and oxygen atoms in total. The summed E-state index contributed by atoms with van der Waals surface area (Å²) >= 11 is 0. The Balaban J connectivity index is 2.19. The van der Waals surface area contributed by atoms with Gasteiger partial charge in [-0.2, -0.15) is 0 Å². The molecule has 0 aliphatic heterocycles. The van der Waals surface area contributed by atoms with Crippen molar-refractivity contribution < 1.29 is 19.7 Å². The molecular weight excluding hydrogens is 258 g/mol. The van der Waals surface area contributed by atoms with Crippen LogP contribution in [-0.4, -0.2) is 22.2 Å². The van der Waals surface area contributed by atoms with Gasteiger partial charge in [-0.05, 0) is 35.9 Å². The molecule has 1 unspecified atom stereocenters. The Labute approximate surface area is 116 Å². The van der Waals surface area contributed by atoms with Crippen molar-refractivity contribution >= 4 is 5.97 Å². The number of carboxylic acid groups (broad SMARTS) is 1. The second-order valence-electron chi connectivity index (χ2n) is 4.35. The Hall–Kier alpha value is -2.53. The van der Waals surface area contributed by atoms with Crippen LogP contribution < -0.4 is 10.5 Å². The van der Waals surface area contributed by atoms with Crippen LogP contribution in [0.25, 0.3) is 0 Å². The average Bonchev–Trinajstić information content (AvgIpc) is 2.43. The van der Waals surface area contributed by atoms with Crippen molar-refractivity contribution in [2.24, 2.45) is 5.73 Å². The minimum Gasteiger partial charge on any atom is -0.508 e. The molecule has 0 heterocycles. The lowest BCUT2D eigenvalue weighted by Crippen LogP contribution is -2.32. The highest BCUT2D eigenvalue weighted by molar-refractivity contribution is 5.73. The number of benzene rings is 2. The highest BCUT2D eigenvalue weighted by atomic mass is 16.5. The first-order valence-corrected chi connectivity index (χ1v) is 6.09. The summed E-state index contributed by atoms with van der Waals surface area (Å²) < 4.78 is 5.69. The maximum Gasteiger partial charge on any atom is 0.320 e. The Bertz CT molecular complexity index is 595. The summed E-state index contributed by atoms with van der Waals surface area (Å²) in [4.78, 5) is 10.8. The molecule has 1 atom stereocenters. The zero-order chi connectivity index (χ0) is 14.5. The lowest BCUT2D eigenvalue weighted by molar-refractivity contribution is -0.138. The van der Waals surface area contributed by atoms with E-state index in [1.165, 1.54) is 12.1 Å². The fourth-order valence-electron chi connectivity index (χ4n) is 1.74. The molecule has 0 saturated heterocycles. The van der Waals surface area contributed by atoms with E-state index in [9.17, 15) is 9.90 Å². The lowest BCUT2D eigenvalue weighted by atomic mass is 10.1. The molecule has 5 heteroatoms. The molecule has 0 amide bonds. The predicted octanol–water partition coefficient (Wildman–Crippen LogP) is 2.14. The van der Waals surface area contributed by atoms with Gasteiger partial charge < -0.3 is 20.7 Å². The third kappa shape index (κ3) is 3.49. The normalized spacial score (nSPS) is 11.8. The monoisotopic (exact) mass is 273 g/mol. The molecule has 0 aliphatic carbocycles. The summed E-state index contributed by atoms with van der Waals surface area (Å²) in [5.74, 6) is 0.206. The Morgan fingerprint density at radius 2 is 1.80 bits per heavy atom. The number of hydrogen-bond donors (Lipinski definition) is 3. The van der Waals surface area contributed by atoms with Gasteiger partial charge in [0.25, 0.3) is 0 Å². The molecule has 0 saturated carbocycles. The molecule has 0 aliphatic rings. The topological polar surface area (TPSA) is 92.8 Å². The van der Waals surface area contributed by atoms with E-state index in [2.05, 4.69) is 0 Å². The van der Waals surface area contributed by atoms with Gasteiger partial charge in [-0.15, -0.1) is 0 Å². The van der Waals surface area contributed by atoms with Crippen molar-refractivity contribution in [3.8, 4) is 17.2 Å². The number of aromatic hydroxyl groups is 1. The number of aliphatic carboxylic acids is 1. The highest BCUT2D eigenvalue weighted by Gasteiger charge is 2.15. The maximum absolute atomic E-state index is 10.8. The quantitative estimate of drug-likeness (QED) is 0.776. The summed E-state index contributed by atoms with van der Waals surface area (Å²) in [5.41, 5.74) is 6.26. The third-order valence-electron chi connectivity index (χ3n) is 2.79. The second kappa shape index (κ2) is 6.08. The zero-order valence-electron chi connectivity index (χ0n) is 10.7. The number of nitrogens with two attached hydrogens (primary N) is 1. The first kappa shape index (κ1) is 13.9. The van der Waals surface area contributed by atoms with Crippen molar-refractivity contribution in [3.63, 3.8) is 0 Å². The van der Waals surface area contributed by atoms with E-state index in [1.54, 1.807) is 36.4 Å². The van der Waals surface area contributed by atoms with Gasteiger partial charge in [-0.25, -0.2) is 0 Å². The standard InChI is InChI=1S/C15H15NO4/c16-13(15(18)19)9-10-3-1-2-4-14(10)20-12-7-5-11(17)6-8-12/h1-8,13,17H,9,16H2,(H,18,19). The molecule has 0 spiro atoms. The Morgan fingerprint density at radius 1 is 1.15 bits per heavy atom. The van der Waals surface area contributed by atoms with Crippen LogP contribution in [0.5, 0.6) is 17.2 Å². The van der Waals surface area contributed by atoms with Crippen molar-refractivity contribution in [2.45, 2.75) is 12.5 Å². The minimum atomic E-state index is -1.05. The van der Waals surface area contributed by atoms with E-state index in [-0.39, 0.29) is 12.2 Å². The van der Waals surface area contributed by atoms with E-state index in [0.717, 1.165) is 5.56 Å². The van der Waals surface area contributed by atoms with E-state index < -0.39 is 12.0 Å². The third-order valence-corrected chi connectivity index (χ3v) is 2.79. The lowest BCUT2D eigenvalue weighted by Gasteiger charge is -2.13. The van der Waals surface area contributed by atoms with Crippen LogP contribution in [0.1, 0.15) is 5.56 Å². The van der Waals surface area contributed by atoms with Crippen LogP contribution in [0.4, 0.5) is 0 Å². The van der Waals surface area contributed by atoms with Crippen LogP contribution in [-0.2, 0) is 11.2 Å². The maximum atomic E-state index is 10.8. The molecule has 0 fully saturated rings. The van der Waals surface area contributed by atoms with Gasteiger partial charge in [0, 0.05) is 6.42 Å². The number of rotatable bonds is 5. The van der Waals surface area contributed by atoms with Gasteiger partial charge >= 0.3 is 5.97 Å². The first-order chi connectivity index (χ1) is 9.56. The Morgan fingerprint density at radius 3 is 2.45 bits per heavy atom. The molecule has 0 radical (unpaired) electrons. The van der Waals surface area contributed by atoms with Gasteiger partial charge in [0.1, 0.15) is 23.3 Å². The number of hydrogen-bond acceptors (Lipinski definition) is 4. The smallest absolute Gasteiger partial charge is 0.320 e. The molecule has 2 rings (SSSR count). The highest BCUT2D eigenvalue weighted by Crippen LogP contribution is 2.27. The molecule has 2 aromatic rings. The Kier molecular flexibility index (Phi) is 4.22. The molecule has 20 heavy (non-hydrogen) atoms. The van der Waals surface area contributed by atoms with Crippen LogP contribution in [0.3, 0.4) is 0 Å². The van der Waals surface area contributed by atoms with E-state index in [4.69, 9.17) is 15.6 Å². The first-order valence-electron chi connectivity index (χ1n) is 6.09. The molecule has 2 aromatic carbocycles. The largest absolute Gasteiger partial charge is 0.508 e. The number of ether oxygens (including phenoxy) is 1. The SMILES string of the molecule is NC(Cc1ccccc1Oc1ccc(O)cc1)C(=O)O. The van der Waals surface area contributed by atoms with E-state index >= 15 is 0 Å². The second-order valence-corrected chi connectivity index (χ2v) is 4.35. The number of para-hydroxylation sites is 1. The summed E-state index contributed by atoms with van der Waals surface area (Å²) in [7, 11) is 0. The molecule has 0 aromatic heterocycles. The van der Waals surface area contributed by atoms with Gasteiger partial charge in [0.15, 0.2) is 0 Å². The predicted molar refractivity (Wildman–Crippen MR) is 73.9 cm³/mol. The summed E-state index contributed by atoms with van der Waals surface area (Å²) in [5, 5.41) is 18.1. The van der Waals surface area contributed by atoms with Crippen molar-refractivity contribution in [2.75, 3.05) is 0 Å². The van der Waals surface area contributed by atoms with E-state index in [1.807, 2.05) is 0 Å². The molecule has 0 bridgehead atoms. The average molecular weight is 273 g/mol. The van der Waals surface area contributed by atoms with Gasteiger partial charge in [-0.3, -0.25) is 4.79 Å². The number of carbonyl (C=O) groups is 1. The minimum absolute atomic E-state index is 0.151. The van der Waals surface area contributed by atoms with Gasteiger partial charge in [0.2, 0.25) is 0 Å². The van der Waals surface area contributed by atoms with Gasteiger partial charge in [-0.1, -0.05) is 18.2 Å². The van der Waals surface area contributed by atoms with Crippen LogP contribution >= 0.6 is 0 Å². The summed E-state index contributed by atoms with van der Waals surface area (Å²) in [6.07, 6.45) is 0.184. The van der Waals surface area contributed by atoms with Crippen LogP contribution in [0, 0.1) is 0 Å². The number of phenolic OH excluding ortho intramolecular Hbond substituents is 1. The fourth-order valence-corrected chi connectivity index (χ4v) is 1.74. The molecule has 104 valence electrons. The number of carboxylic acids is 1. The van der Waals surface area contributed by atoms with Crippen LogP contribution in [0.15, 0.2) is 48.5 Å². The molecule has 4 N–H and O–H groups in total. The fraction of sp³-hybridized carbons (Fsp3) is 0.133. The van der Waals surface area contributed by atoms with Crippen molar-refractivity contribution in [3.05, 3.63) is 54.1 Å². The van der Waals surface area contributed by atoms with Crippen molar-refractivity contribution in [1.82, 2.24) is 0 Å². The number of phenols is 1. The van der Waals surface area contributed by atoms with Crippen LogP contribution in [0.2, 0.25) is 0 Å². The zero-order valence-corrected chi connectivity index (χ0v) is 10.7.